The third-order valence-electron chi connectivity index (χ3n) is 5.79. The minimum atomic E-state index is -0.636. The lowest BCUT2D eigenvalue weighted by Crippen LogP contribution is -2.22. The zero-order chi connectivity index (χ0) is 24.9. The summed E-state index contributed by atoms with van der Waals surface area (Å²) in [4.78, 5) is 51.8. The molecule has 0 atom stereocenters. The number of hydrogen-bond donors (Lipinski definition) is 2. The molecule has 2 aliphatic rings. The van der Waals surface area contributed by atoms with Crippen molar-refractivity contribution in [1.29, 1.82) is 0 Å². The molecular formula is C26H22O8. The van der Waals surface area contributed by atoms with Crippen LogP contribution in [0.2, 0.25) is 0 Å². The van der Waals surface area contributed by atoms with Gasteiger partial charge in [-0.2, -0.15) is 0 Å². The number of Topliss-reactive ketones (excluding diaryl/α,β-unsaturated/α-hetero) is 2. The fraction of sp³-hybridized carbons (Fsp3) is 0.231. The average molecular weight is 462 g/mol. The minimum absolute atomic E-state index is 0.0164. The van der Waals surface area contributed by atoms with Crippen LogP contribution in [0.1, 0.15) is 66.4 Å². The van der Waals surface area contributed by atoms with Gasteiger partial charge in [0.2, 0.25) is 11.6 Å². The Morgan fingerprint density at radius 3 is 1.79 bits per heavy atom. The number of fused-ring (bicyclic) bond motifs is 2. The molecule has 0 heterocycles. The van der Waals surface area contributed by atoms with Gasteiger partial charge in [0.15, 0.2) is 23.1 Å². The molecule has 0 saturated carbocycles. The summed E-state index contributed by atoms with van der Waals surface area (Å²) in [5.74, 6) is -3.60. The molecule has 0 unspecified atom stereocenters. The molecule has 0 aromatic heterocycles. The molecule has 0 amide bonds. The maximum atomic E-state index is 13.3. The maximum Gasteiger partial charge on any atom is 0.229 e. The molecule has 2 aromatic carbocycles. The van der Waals surface area contributed by atoms with Crippen LogP contribution in [0.5, 0.6) is 11.5 Å². The highest BCUT2D eigenvalue weighted by molar-refractivity contribution is 6.29. The zero-order valence-corrected chi connectivity index (χ0v) is 19.1. The highest BCUT2D eigenvalue weighted by atomic mass is 16.5. The summed E-state index contributed by atoms with van der Waals surface area (Å²) in [6.45, 7) is 6.88. The number of aryl methyl sites for hydroxylation is 2. The standard InChI is InChI=1S/C26H22O8/c1-5-33-17-9-15(28)21-13(24(17)30)7-11(3)20(26(21)32)19-12(4)8-14(27)22-16(29)10-18(34-6-2)25(31)23(19)22/h7-10,27,32H,5-6H2,1-4H3. The molecule has 34 heavy (non-hydrogen) atoms. The van der Waals surface area contributed by atoms with E-state index in [4.69, 9.17) is 9.47 Å². The van der Waals surface area contributed by atoms with Crippen molar-refractivity contribution in [2.24, 2.45) is 0 Å². The largest absolute Gasteiger partial charge is 0.507 e. The van der Waals surface area contributed by atoms with Gasteiger partial charge in [-0.3, -0.25) is 19.2 Å². The topological polar surface area (TPSA) is 127 Å². The Morgan fingerprint density at radius 1 is 0.676 bits per heavy atom. The number of phenols is 2. The van der Waals surface area contributed by atoms with Crippen molar-refractivity contribution in [3.8, 4) is 22.6 Å². The summed E-state index contributed by atoms with van der Waals surface area (Å²) in [7, 11) is 0. The van der Waals surface area contributed by atoms with Gasteiger partial charge in [-0.25, -0.2) is 0 Å². The van der Waals surface area contributed by atoms with Crippen molar-refractivity contribution < 1.29 is 38.9 Å². The van der Waals surface area contributed by atoms with E-state index in [1.807, 2.05) is 0 Å². The smallest absolute Gasteiger partial charge is 0.229 e. The van der Waals surface area contributed by atoms with E-state index in [0.29, 0.717) is 11.1 Å². The monoisotopic (exact) mass is 462 g/mol. The number of carbonyl (C=O) groups excluding carboxylic acids is 4. The average Bonchev–Trinajstić information content (AvgIpc) is 2.76. The quantitative estimate of drug-likeness (QED) is 0.683. The molecule has 8 nitrogen and oxygen atoms in total. The van der Waals surface area contributed by atoms with E-state index in [1.54, 1.807) is 27.7 Å². The Kier molecular flexibility index (Phi) is 5.61. The Morgan fingerprint density at radius 2 is 1.21 bits per heavy atom. The van der Waals surface area contributed by atoms with Crippen molar-refractivity contribution in [1.82, 2.24) is 0 Å². The maximum absolute atomic E-state index is 13.3. The van der Waals surface area contributed by atoms with Gasteiger partial charge >= 0.3 is 0 Å². The van der Waals surface area contributed by atoms with Gasteiger partial charge in [-0.1, -0.05) is 0 Å². The van der Waals surface area contributed by atoms with Crippen molar-refractivity contribution in [3.05, 3.63) is 69.2 Å². The highest BCUT2D eigenvalue weighted by Gasteiger charge is 2.37. The first kappa shape index (κ1) is 23.0. The Labute approximate surface area is 195 Å². The third kappa shape index (κ3) is 3.30. The van der Waals surface area contributed by atoms with E-state index in [-0.39, 0.29) is 63.9 Å². The molecule has 0 spiro atoms. The molecule has 8 heteroatoms. The number of rotatable bonds is 5. The lowest BCUT2D eigenvalue weighted by atomic mass is 9.80. The van der Waals surface area contributed by atoms with Crippen LogP contribution in [-0.4, -0.2) is 46.6 Å². The molecule has 2 aliphatic carbocycles. The lowest BCUT2D eigenvalue weighted by Gasteiger charge is -2.24. The number of carbonyl (C=O) groups is 4. The number of benzene rings is 2. The minimum Gasteiger partial charge on any atom is -0.507 e. The second-order valence-corrected chi connectivity index (χ2v) is 7.95. The molecule has 4 rings (SSSR count). The Balaban J connectivity index is 2.04. The first-order valence-corrected chi connectivity index (χ1v) is 10.7. The van der Waals surface area contributed by atoms with E-state index in [1.165, 1.54) is 12.1 Å². The Hall–Kier alpha value is -4.20. The summed E-state index contributed by atoms with van der Waals surface area (Å²) in [6, 6.07) is 2.76. The van der Waals surface area contributed by atoms with Gasteiger partial charge in [0.05, 0.1) is 24.3 Å². The van der Waals surface area contributed by atoms with Crippen LogP contribution in [0.25, 0.3) is 11.1 Å². The SMILES string of the molecule is CCOC1=CC(=O)c2c(cc(C)c(-c3c(C)cc(O)c4c3C(=O)C(OCC)=CC4=O)c2O)C1=O. The van der Waals surface area contributed by atoms with Crippen LogP contribution in [-0.2, 0) is 9.47 Å². The predicted molar refractivity (Wildman–Crippen MR) is 121 cm³/mol. The summed E-state index contributed by atoms with van der Waals surface area (Å²) >= 11 is 0. The molecule has 174 valence electrons. The van der Waals surface area contributed by atoms with Gasteiger partial charge in [0.1, 0.15) is 11.5 Å². The van der Waals surface area contributed by atoms with Crippen LogP contribution in [0.4, 0.5) is 0 Å². The fourth-order valence-corrected chi connectivity index (χ4v) is 4.44. The summed E-state index contributed by atoms with van der Waals surface area (Å²) in [6.07, 6.45) is 2.05. The first-order chi connectivity index (χ1) is 16.1. The van der Waals surface area contributed by atoms with E-state index in [9.17, 15) is 29.4 Å². The second kappa shape index (κ2) is 8.30. The van der Waals surface area contributed by atoms with Crippen LogP contribution in [0.3, 0.4) is 0 Å². The molecule has 2 N–H and O–H groups in total. The second-order valence-electron chi connectivity index (χ2n) is 7.95. The number of aromatic hydroxyl groups is 2. The van der Waals surface area contributed by atoms with Crippen LogP contribution in [0, 0.1) is 13.8 Å². The van der Waals surface area contributed by atoms with Gasteiger partial charge in [0, 0.05) is 34.4 Å². The van der Waals surface area contributed by atoms with Crippen LogP contribution < -0.4 is 0 Å². The number of ketones is 4. The third-order valence-corrected chi connectivity index (χ3v) is 5.79. The molecule has 0 radical (unpaired) electrons. The van der Waals surface area contributed by atoms with E-state index >= 15 is 0 Å². The van der Waals surface area contributed by atoms with Crippen molar-refractivity contribution in [3.63, 3.8) is 0 Å². The van der Waals surface area contributed by atoms with Gasteiger partial charge in [-0.15, -0.1) is 0 Å². The van der Waals surface area contributed by atoms with Gasteiger partial charge < -0.3 is 19.7 Å². The molecule has 0 saturated heterocycles. The van der Waals surface area contributed by atoms with Gasteiger partial charge in [-0.05, 0) is 51.0 Å². The number of hydrogen-bond acceptors (Lipinski definition) is 8. The van der Waals surface area contributed by atoms with Gasteiger partial charge in [0.25, 0.3) is 0 Å². The van der Waals surface area contributed by atoms with E-state index in [2.05, 4.69) is 0 Å². The Bertz CT molecular complexity index is 1370. The lowest BCUT2D eigenvalue weighted by molar-refractivity contribution is 0.0889. The molecule has 0 aliphatic heterocycles. The van der Waals surface area contributed by atoms with Crippen molar-refractivity contribution in [2.75, 3.05) is 13.2 Å². The van der Waals surface area contributed by atoms with E-state index in [0.717, 1.165) is 12.2 Å². The molecule has 2 aromatic rings. The molecule has 0 bridgehead atoms. The highest BCUT2D eigenvalue weighted by Crippen LogP contribution is 2.46. The number of ether oxygens (including phenoxy) is 2. The summed E-state index contributed by atoms with van der Waals surface area (Å²) in [5.41, 5.74) is 0.476. The number of allylic oxidation sites excluding steroid dienone is 4. The first-order valence-electron chi connectivity index (χ1n) is 10.7. The number of phenolic OH excluding ortho intramolecular Hbond substituents is 2. The zero-order valence-electron chi connectivity index (χ0n) is 19.1. The predicted octanol–water partition coefficient (Wildman–Crippen LogP) is 3.98. The van der Waals surface area contributed by atoms with E-state index < -0.39 is 28.9 Å². The van der Waals surface area contributed by atoms with Crippen LogP contribution in [0.15, 0.2) is 35.8 Å². The van der Waals surface area contributed by atoms with Crippen molar-refractivity contribution in [2.45, 2.75) is 27.7 Å². The molecular weight excluding hydrogens is 440 g/mol. The normalized spacial score (nSPS) is 14.9. The summed E-state index contributed by atoms with van der Waals surface area (Å²) in [5, 5.41) is 21.7. The summed E-state index contributed by atoms with van der Waals surface area (Å²) < 4.78 is 10.6. The fourth-order valence-electron chi connectivity index (χ4n) is 4.44. The van der Waals surface area contributed by atoms with Crippen molar-refractivity contribution >= 4 is 23.1 Å². The molecule has 0 fully saturated rings. The van der Waals surface area contributed by atoms with Crippen LogP contribution >= 0.6 is 0 Å².